The average molecular weight is 312 g/mol. The van der Waals surface area contributed by atoms with Gasteiger partial charge < -0.3 is 4.74 Å². The van der Waals surface area contributed by atoms with Crippen molar-refractivity contribution in [2.45, 2.75) is 19.0 Å². The molecule has 0 N–H and O–H groups in total. The second-order valence-corrected chi connectivity index (χ2v) is 4.78. The second kappa shape index (κ2) is 6.17. The van der Waals surface area contributed by atoms with Crippen LogP contribution in [0.15, 0.2) is 48.5 Å². The van der Waals surface area contributed by atoms with Crippen molar-refractivity contribution in [1.29, 1.82) is 0 Å². The summed E-state index contributed by atoms with van der Waals surface area (Å²) < 4.78 is 56.9. The van der Waals surface area contributed by atoms with E-state index in [4.69, 9.17) is 4.74 Å². The smallest absolute Gasteiger partial charge is 0.377 e. The van der Waals surface area contributed by atoms with Crippen LogP contribution in [0.2, 0.25) is 0 Å². The molecular weight excluding hydrogens is 300 g/mol. The molecule has 116 valence electrons. The molecule has 2 aromatic rings. The van der Waals surface area contributed by atoms with E-state index in [1.165, 1.54) is 24.3 Å². The van der Waals surface area contributed by atoms with E-state index in [1.807, 2.05) is 0 Å². The second-order valence-electron chi connectivity index (χ2n) is 4.78. The first-order valence-corrected chi connectivity index (χ1v) is 6.37. The van der Waals surface area contributed by atoms with Crippen molar-refractivity contribution < 1.29 is 27.1 Å². The van der Waals surface area contributed by atoms with Crippen molar-refractivity contribution >= 4 is 5.97 Å². The lowest BCUT2D eigenvalue weighted by Gasteiger charge is -2.21. The van der Waals surface area contributed by atoms with Crippen LogP contribution in [0.1, 0.15) is 24.2 Å². The zero-order valence-corrected chi connectivity index (χ0v) is 11.5. The first-order chi connectivity index (χ1) is 10.3. The predicted molar refractivity (Wildman–Crippen MR) is 71.4 cm³/mol. The van der Waals surface area contributed by atoms with Gasteiger partial charge in [-0.2, -0.15) is 8.78 Å². The summed E-state index contributed by atoms with van der Waals surface area (Å²) in [6.07, 6.45) is -1.18. The lowest BCUT2D eigenvalue weighted by molar-refractivity contribution is -0.173. The van der Waals surface area contributed by atoms with Gasteiger partial charge in [-0.05, 0) is 35.4 Å². The average Bonchev–Trinajstić information content (AvgIpc) is 2.46. The fourth-order valence-electron chi connectivity index (χ4n) is 1.81. The molecule has 0 bridgehead atoms. The Morgan fingerprint density at radius 1 is 0.909 bits per heavy atom. The molecule has 0 spiro atoms. The van der Waals surface area contributed by atoms with Crippen LogP contribution < -0.4 is 0 Å². The monoisotopic (exact) mass is 312 g/mol. The SMILES string of the molecule is CC(F)(F)C(=O)OC(c1ccc(F)cc1)c1ccc(F)cc1. The molecule has 0 atom stereocenters. The van der Waals surface area contributed by atoms with Crippen molar-refractivity contribution in [3.05, 3.63) is 71.3 Å². The van der Waals surface area contributed by atoms with E-state index >= 15 is 0 Å². The predicted octanol–water partition coefficient (Wildman–Crippen LogP) is 4.25. The molecule has 0 fully saturated rings. The van der Waals surface area contributed by atoms with E-state index in [-0.39, 0.29) is 0 Å². The molecule has 0 aromatic heterocycles. The summed E-state index contributed by atoms with van der Waals surface area (Å²) in [7, 11) is 0. The Kier molecular flexibility index (Phi) is 4.49. The summed E-state index contributed by atoms with van der Waals surface area (Å²) in [5, 5.41) is 0. The third-order valence-electron chi connectivity index (χ3n) is 2.93. The van der Waals surface area contributed by atoms with Gasteiger partial charge >= 0.3 is 11.9 Å². The lowest BCUT2D eigenvalue weighted by Crippen LogP contribution is -2.28. The Morgan fingerprint density at radius 2 is 1.27 bits per heavy atom. The molecule has 0 heterocycles. The molecule has 0 aliphatic rings. The Morgan fingerprint density at radius 3 is 1.59 bits per heavy atom. The van der Waals surface area contributed by atoms with Crippen LogP contribution in [-0.4, -0.2) is 11.9 Å². The van der Waals surface area contributed by atoms with Gasteiger partial charge in [-0.1, -0.05) is 24.3 Å². The van der Waals surface area contributed by atoms with E-state index < -0.39 is 29.6 Å². The zero-order valence-electron chi connectivity index (χ0n) is 11.5. The topological polar surface area (TPSA) is 26.3 Å². The van der Waals surface area contributed by atoms with Gasteiger partial charge in [0.1, 0.15) is 11.6 Å². The molecule has 2 aromatic carbocycles. The highest BCUT2D eigenvalue weighted by Crippen LogP contribution is 2.29. The van der Waals surface area contributed by atoms with Crippen molar-refractivity contribution in [2.24, 2.45) is 0 Å². The van der Waals surface area contributed by atoms with Crippen molar-refractivity contribution in [2.75, 3.05) is 0 Å². The molecule has 0 aliphatic carbocycles. The number of ether oxygens (including phenoxy) is 1. The molecule has 0 aliphatic heterocycles. The van der Waals surface area contributed by atoms with Gasteiger partial charge in [0.25, 0.3) is 0 Å². The van der Waals surface area contributed by atoms with Gasteiger partial charge in [0.15, 0.2) is 6.10 Å². The maximum absolute atomic E-state index is 13.0. The molecule has 22 heavy (non-hydrogen) atoms. The maximum Gasteiger partial charge on any atom is 0.377 e. The first kappa shape index (κ1) is 16.0. The number of esters is 1. The van der Waals surface area contributed by atoms with Gasteiger partial charge in [0.2, 0.25) is 0 Å². The van der Waals surface area contributed by atoms with E-state index in [0.717, 1.165) is 24.3 Å². The van der Waals surface area contributed by atoms with E-state index in [1.54, 1.807) is 0 Å². The van der Waals surface area contributed by atoms with Crippen LogP contribution in [0, 0.1) is 11.6 Å². The van der Waals surface area contributed by atoms with Gasteiger partial charge in [-0.15, -0.1) is 0 Å². The van der Waals surface area contributed by atoms with E-state index in [0.29, 0.717) is 18.1 Å². The molecule has 0 saturated carbocycles. The highest BCUT2D eigenvalue weighted by atomic mass is 19.3. The normalized spacial score (nSPS) is 11.5. The van der Waals surface area contributed by atoms with Crippen LogP contribution in [0.4, 0.5) is 17.6 Å². The number of hydrogen-bond donors (Lipinski definition) is 0. The molecular formula is C16H12F4O2. The van der Waals surface area contributed by atoms with Crippen LogP contribution >= 0.6 is 0 Å². The standard InChI is InChI=1S/C16H12F4O2/c1-16(19,20)15(21)22-14(10-2-6-12(17)7-3-10)11-4-8-13(18)9-5-11/h2-9,14H,1H3. The maximum atomic E-state index is 13.0. The van der Waals surface area contributed by atoms with Crippen molar-refractivity contribution in [3.8, 4) is 0 Å². The van der Waals surface area contributed by atoms with Gasteiger partial charge in [0.05, 0.1) is 0 Å². The minimum absolute atomic E-state index is 0.297. The molecule has 0 amide bonds. The van der Waals surface area contributed by atoms with E-state index in [2.05, 4.69) is 0 Å². The quantitative estimate of drug-likeness (QED) is 0.623. The molecule has 0 saturated heterocycles. The summed E-state index contributed by atoms with van der Waals surface area (Å²) in [6.45, 7) is 0.418. The Balaban J connectivity index is 2.38. The summed E-state index contributed by atoms with van der Waals surface area (Å²) in [4.78, 5) is 11.4. The highest BCUT2D eigenvalue weighted by Gasteiger charge is 2.36. The Bertz CT molecular complexity index is 600. The number of carbonyl (C=O) groups excluding carboxylic acids is 1. The fraction of sp³-hybridized carbons (Fsp3) is 0.188. The first-order valence-electron chi connectivity index (χ1n) is 6.37. The van der Waals surface area contributed by atoms with Gasteiger partial charge in [0, 0.05) is 6.92 Å². The van der Waals surface area contributed by atoms with Crippen LogP contribution in [-0.2, 0) is 9.53 Å². The summed E-state index contributed by atoms with van der Waals surface area (Å²) in [5.74, 6) is -6.42. The third-order valence-corrected chi connectivity index (χ3v) is 2.93. The minimum Gasteiger partial charge on any atom is -0.448 e. The minimum atomic E-state index is -3.67. The Labute approximate surface area is 124 Å². The number of hydrogen-bond acceptors (Lipinski definition) is 2. The molecule has 6 heteroatoms. The number of rotatable bonds is 4. The fourth-order valence-corrected chi connectivity index (χ4v) is 1.81. The van der Waals surface area contributed by atoms with Gasteiger partial charge in [-0.3, -0.25) is 0 Å². The van der Waals surface area contributed by atoms with Crippen LogP contribution in [0.5, 0.6) is 0 Å². The summed E-state index contributed by atoms with van der Waals surface area (Å²) in [6, 6.07) is 9.70. The number of alkyl halides is 2. The largest absolute Gasteiger partial charge is 0.448 e. The Hall–Kier alpha value is -2.37. The summed E-state index contributed by atoms with van der Waals surface area (Å²) >= 11 is 0. The molecule has 2 nitrogen and oxygen atoms in total. The molecule has 0 unspecified atom stereocenters. The number of halogens is 4. The zero-order chi connectivity index (χ0) is 16.3. The van der Waals surface area contributed by atoms with Crippen LogP contribution in [0.25, 0.3) is 0 Å². The van der Waals surface area contributed by atoms with Gasteiger partial charge in [-0.25, -0.2) is 13.6 Å². The van der Waals surface area contributed by atoms with Crippen molar-refractivity contribution in [3.63, 3.8) is 0 Å². The third kappa shape index (κ3) is 3.84. The molecule has 2 rings (SSSR count). The van der Waals surface area contributed by atoms with Crippen molar-refractivity contribution in [1.82, 2.24) is 0 Å². The summed E-state index contributed by atoms with van der Waals surface area (Å²) in [5.41, 5.74) is 0.594. The lowest BCUT2D eigenvalue weighted by atomic mass is 10.0. The highest BCUT2D eigenvalue weighted by molar-refractivity contribution is 5.77. The number of carbonyl (C=O) groups is 1. The van der Waals surface area contributed by atoms with E-state index in [9.17, 15) is 22.4 Å². The van der Waals surface area contributed by atoms with Crippen LogP contribution in [0.3, 0.4) is 0 Å². The number of benzene rings is 2. The molecule has 0 radical (unpaired) electrons.